The molecule has 130 valence electrons. The van der Waals surface area contributed by atoms with E-state index < -0.39 is 11.6 Å². The summed E-state index contributed by atoms with van der Waals surface area (Å²) in [5, 5.41) is 2.79. The summed E-state index contributed by atoms with van der Waals surface area (Å²) in [5.74, 6) is -0.536. The SMILES string of the molecule is CCNC(=O)N1CCC2(CC1)C(OC)C(=O)N2c1cccc(F)c1. The van der Waals surface area contributed by atoms with Crippen molar-refractivity contribution in [2.24, 2.45) is 0 Å². The third-order valence-corrected chi connectivity index (χ3v) is 4.92. The van der Waals surface area contributed by atoms with E-state index in [1.807, 2.05) is 6.92 Å². The minimum Gasteiger partial charge on any atom is -0.369 e. The van der Waals surface area contributed by atoms with Gasteiger partial charge in [0.15, 0.2) is 6.10 Å². The van der Waals surface area contributed by atoms with Crippen LogP contribution >= 0.6 is 0 Å². The zero-order valence-electron chi connectivity index (χ0n) is 13.9. The van der Waals surface area contributed by atoms with Crippen molar-refractivity contribution in [3.63, 3.8) is 0 Å². The van der Waals surface area contributed by atoms with Crippen LogP contribution in [0.25, 0.3) is 0 Å². The van der Waals surface area contributed by atoms with Crippen LogP contribution in [0.2, 0.25) is 0 Å². The first-order valence-corrected chi connectivity index (χ1v) is 8.18. The Labute approximate surface area is 140 Å². The first-order chi connectivity index (χ1) is 11.5. The number of methoxy groups -OCH3 is 1. The molecule has 2 heterocycles. The molecule has 1 aromatic rings. The quantitative estimate of drug-likeness (QED) is 0.856. The summed E-state index contributed by atoms with van der Waals surface area (Å²) in [5.41, 5.74) is 0.0302. The van der Waals surface area contributed by atoms with Gasteiger partial charge in [0.05, 0.1) is 5.54 Å². The van der Waals surface area contributed by atoms with Crippen LogP contribution in [0.4, 0.5) is 14.9 Å². The number of carbonyl (C=O) groups is 2. The lowest BCUT2D eigenvalue weighted by atomic mass is 9.72. The number of carbonyl (C=O) groups excluding carboxylic acids is 2. The number of hydrogen-bond donors (Lipinski definition) is 1. The number of halogens is 1. The number of ether oxygens (including phenoxy) is 1. The summed E-state index contributed by atoms with van der Waals surface area (Å²) in [6, 6.07) is 5.94. The number of amides is 3. The van der Waals surface area contributed by atoms with Gasteiger partial charge in [0.25, 0.3) is 5.91 Å². The Morgan fingerprint density at radius 1 is 1.42 bits per heavy atom. The number of urea groups is 1. The van der Waals surface area contributed by atoms with E-state index in [9.17, 15) is 14.0 Å². The third-order valence-electron chi connectivity index (χ3n) is 4.92. The maximum absolute atomic E-state index is 13.6. The molecule has 7 heteroatoms. The second-order valence-electron chi connectivity index (χ2n) is 6.20. The molecule has 1 unspecified atom stereocenters. The Balaban J connectivity index is 1.82. The molecule has 0 aromatic heterocycles. The third kappa shape index (κ3) is 2.53. The number of rotatable bonds is 3. The minimum absolute atomic E-state index is 0.0933. The molecule has 2 saturated heterocycles. The molecule has 2 fully saturated rings. The maximum atomic E-state index is 13.6. The van der Waals surface area contributed by atoms with E-state index in [-0.39, 0.29) is 17.8 Å². The fourth-order valence-electron chi connectivity index (χ4n) is 3.78. The van der Waals surface area contributed by atoms with Gasteiger partial charge in [-0.25, -0.2) is 9.18 Å². The van der Waals surface area contributed by atoms with Gasteiger partial charge in [-0.2, -0.15) is 0 Å². The predicted molar refractivity (Wildman–Crippen MR) is 87.3 cm³/mol. The lowest BCUT2D eigenvalue weighted by Crippen LogP contribution is -2.78. The van der Waals surface area contributed by atoms with Crippen LogP contribution in [0, 0.1) is 5.82 Å². The van der Waals surface area contributed by atoms with Crippen LogP contribution in [-0.4, -0.2) is 55.2 Å². The summed E-state index contributed by atoms with van der Waals surface area (Å²) < 4.78 is 19.0. The molecular weight excluding hydrogens is 313 g/mol. The van der Waals surface area contributed by atoms with Crippen molar-refractivity contribution in [2.75, 3.05) is 31.6 Å². The molecule has 1 aromatic carbocycles. The van der Waals surface area contributed by atoms with E-state index in [0.29, 0.717) is 38.2 Å². The van der Waals surface area contributed by atoms with Gasteiger partial charge in [-0.3, -0.25) is 4.79 Å². The molecule has 2 aliphatic rings. The molecule has 3 rings (SSSR count). The average molecular weight is 335 g/mol. The van der Waals surface area contributed by atoms with Crippen LogP contribution in [-0.2, 0) is 9.53 Å². The van der Waals surface area contributed by atoms with Crippen molar-refractivity contribution >= 4 is 17.6 Å². The predicted octanol–water partition coefficient (Wildman–Crippen LogP) is 1.75. The largest absolute Gasteiger partial charge is 0.369 e. The van der Waals surface area contributed by atoms with Crippen LogP contribution < -0.4 is 10.2 Å². The summed E-state index contributed by atoms with van der Waals surface area (Å²) in [6.45, 7) is 3.52. The summed E-state index contributed by atoms with van der Waals surface area (Å²) in [7, 11) is 1.52. The topological polar surface area (TPSA) is 61.9 Å². The second kappa shape index (κ2) is 6.39. The average Bonchev–Trinajstić information content (AvgIpc) is 2.56. The van der Waals surface area contributed by atoms with Crippen LogP contribution in [0.3, 0.4) is 0 Å². The van der Waals surface area contributed by atoms with Crippen molar-refractivity contribution < 1.29 is 18.7 Å². The zero-order valence-corrected chi connectivity index (χ0v) is 13.9. The Morgan fingerprint density at radius 2 is 2.12 bits per heavy atom. The molecule has 6 nitrogen and oxygen atoms in total. The van der Waals surface area contributed by atoms with E-state index in [1.54, 1.807) is 21.9 Å². The maximum Gasteiger partial charge on any atom is 0.317 e. The minimum atomic E-state index is -0.544. The molecular formula is C17H22FN3O3. The number of anilines is 1. The molecule has 0 saturated carbocycles. The fourth-order valence-corrected chi connectivity index (χ4v) is 3.78. The van der Waals surface area contributed by atoms with Crippen molar-refractivity contribution in [3.8, 4) is 0 Å². The van der Waals surface area contributed by atoms with Gasteiger partial charge < -0.3 is 19.9 Å². The van der Waals surface area contributed by atoms with Crippen molar-refractivity contribution in [2.45, 2.75) is 31.4 Å². The van der Waals surface area contributed by atoms with Gasteiger partial charge in [-0.05, 0) is 38.0 Å². The number of piperidine rings is 1. The second-order valence-corrected chi connectivity index (χ2v) is 6.20. The van der Waals surface area contributed by atoms with Gasteiger partial charge in [0.2, 0.25) is 0 Å². The lowest BCUT2D eigenvalue weighted by Gasteiger charge is -2.59. The zero-order chi connectivity index (χ0) is 17.3. The first kappa shape index (κ1) is 16.7. The van der Waals surface area contributed by atoms with Crippen molar-refractivity contribution in [1.82, 2.24) is 10.2 Å². The Morgan fingerprint density at radius 3 is 2.71 bits per heavy atom. The number of benzene rings is 1. The number of likely N-dealkylation sites (tertiary alicyclic amines) is 1. The highest BCUT2D eigenvalue weighted by Gasteiger charge is 2.62. The fraction of sp³-hybridized carbons (Fsp3) is 0.529. The van der Waals surface area contributed by atoms with E-state index in [4.69, 9.17) is 4.74 Å². The van der Waals surface area contributed by atoms with Crippen molar-refractivity contribution in [1.29, 1.82) is 0 Å². The molecule has 0 bridgehead atoms. The highest BCUT2D eigenvalue weighted by Crippen LogP contribution is 2.45. The Hall–Kier alpha value is -2.15. The molecule has 1 N–H and O–H groups in total. The van der Waals surface area contributed by atoms with Gasteiger partial charge >= 0.3 is 6.03 Å². The molecule has 1 atom stereocenters. The van der Waals surface area contributed by atoms with E-state index in [2.05, 4.69) is 5.32 Å². The van der Waals surface area contributed by atoms with Crippen LogP contribution in [0.5, 0.6) is 0 Å². The van der Waals surface area contributed by atoms with E-state index in [0.717, 1.165) is 0 Å². The lowest BCUT2D eigenvalue weighted by molar-refractivity contribution is -0.150. The van der Waals surface area contributed by atoms with E-state index >= 15 is 0 Å². The molecule has 0 aliphatic carbocycles. The van der Waals surface area contributed by atoms with Gasteiger partial charge in [-0.1, -0.05) is 6.07 Å². The normalized spacial score (nSPS) is 22.5. The Bertz CT molecular complexity index is 644. The van der Waals surface area contributed by atoms with Gasteiger partial charge in [-0.15, -0.1) is 0 Å². The van der Waals surface area contributed by atoms with Crippen molar-refractivity contribution in [3.05, 3.63) is 30.1 Å². The standard InChI is InChI=1S/C17H22FN3O3/c1-3-19-16(23)20-9-7-17(8-10-20)14(24-2)15(22)21(17)13-6-4-5-12(18)11-13/h4-6,11,14H,3,7-10H2,1-2H3,(H,19,23). The molecule has 1 spiro atoms. The highest BCUT2D eigenvalue weighted by molar-refractivity contribution is 6.06. The van der Waals surface area contributed by atoms with Crippen LogP contribution in [0.1, 0.15) is 19.8 Å². The number of β-lactam (4-membered cyclic amide) rings is 1. The number of hydrogen-bond acceptors (Lipinski definition) is 3. The van der Waals surface area contributed by atoms with Gasteiger partial charge in [0, 0.05) is 32.4 Å². The summed E-state index contributed by atoms with van der Waals surface area (Å²) in [4.78, 5) is 27.8. The molecule has 2 aliphatic heterocycles. The number of nitrogens with zero attached hydrogens (tertiary/aromatic N) is 2. The molecule has 0 radical (unpaired) electrons. The highest BCUT2D eigenvalue weighted by atomic mass is 19.1. The Kier molecular flexibility index (Phi) is 4.45. The molecule has 24 heavy (non-hydrogen) atoms. The summed E-state index contributed by atoms with van der Waals surface area (Å²) >= 11 is 0. The number of nitrogens with one attached hydrogen (secondary N) is 1. The smallest absolute Gasteiger partial charge is 0.317 e. The molecule has 3 amide bonds. The van der Waals surface area contributed by atoms with Gasteiger partial charge in [0.1, 0.15) is 5.82 Å². The monoisotopic (exact) mass is 335 g/mol. The summed E-state index contributed by atoms with van der Waals surface area (Å²) in [6.07, 6.45) is 0.660. The first-order valence-electron chi connectivity index (χ1n) is 8.18. The van der Waals surface area contributed by atoms with Crippen LogP contribution in [0.15, 0.2) is 24.3 Å². The van der Waals surface area contributed by atoms with E-state index in [1.165, 1.54) is 19.2 Å².